The summed E-state index contributed by atoms with van der Waals surface area (Å²) in [5.41, 5.74) is 1.44. The molecule has 4 rings (SSSR count). The highest BCUT2D eigenvalue weighted by Gasteiger charge is 2.28. The van der Waals surface area contributed by atoms with Gasteiger partial charge >= 0.3 is 0 Å². The van der Waals surface area contributed by atoms with Crippen LogP contribution in [-0.2, 0) is 6.42 Å². The maximum absolute atomic E-state index is 13.3. The number of likely N-dealkylation sites (tertiary alicyclic amines) is 1. The van der Waals surface area contributed by atoms with E-state index in [9.17, 15) is 9.18 Å². The number of nitrogens with zero attached hydrogens (tertiary/aromatic N) is 3. The van der Waals surface area contributed by atoms with Gasteiger partial charge in [0, 0.05) is 31.9 Å². The van der Waals surface area contributed by atoms with Crippen LogP contribution in [0.4, 0.5) is 4.39 Å². The van der Waals surface area contributed by atoms with Crippen LogP contribution < -0.4 is 0 Å². The number of rotatable bonds is 4. The van der Waals surface area contributed by atoms with Crippen molar-refractivity contribution in [3.05, 3.63) is 83.6 Å². The Bertz CT molecular complexity index is 926. The molecule has 0 spiro atoms. The van der Waals surface area contributed by atoms with E-state index in [0.717, 1.165) is 24.9 Å². The lowest BCUT2D eigenvalue weighted by Crippen LogP contribution is -2.39. The molecule has 0 aliphatic carbocycles. The van der Waals surface area contributed by atoms with E-state index in [0.29, 0.717) is 30.2 Å². The number of halogens is 1. The molecule has 138 valence electrons. The van der Waals surface area contributed by atoms with E-state index in [1.807, 2.05) is 11.0 Å². The average molecular weight is 365 g/mol. The van der Waals surface area contributed by atoms with Gasteiger partial charge in [0.25, 0.3) is 5.91 Å². The maximum Gasteiger partial charge on any atom is 0.255 e. The van der Waals surface area contributed by atoms with E-state index in [2.05, 4.69) is 9.97 Å². The van der Waals surface area contributed by atoms with Crippen LogP contribution in [0, 0.1) is 5.82 Å². The monoisotopic (exact) mass is 365 g/mol. The molecule has 0 N–H and O–H groups in total. The Kier molecular flexibility index (Phi) is 4.96. The molecule has 1 aromatic carbocycles. The van der Waals surface area contributed by atoms with Crippen molar-refractivity contribution in [2.45, 2.75) is 25.2 Å². The van der Waals surface area contributed by atoms with Gasteiger partial charge in [-0.25, -0.2) is 9.37 Å². The lowest BCUT2D eigenvalue weighted by molar-refractivity contribution is 0.0697. The Hall–Kier alpha value is -3.02. The van der Waals surface area contributed by atoms with Crippen molar-refractivity contribution < 1.29 is 13.6 Å². The van der Waals surface area contributed by atoms with Gasteiger partial charge < -0.3 is 9.32 Å². The minimum absolute atomic E-state index is 0.0145. The summed E-state index contributed by atoms with van der Waals surface area (Å²) >= 11 is 0. The molecular formula is C21H20FN3O2. The van der Waals surface area contributed by atoms with Crippen LogP contribution in [0.1, 0.15) is 46.3 Å². The van der Waals surface area contributed by atoms with Crippen LogP contribution in [0.15, 0.2) is 59.4 Å². The van der Waals surface area contributed by atoms with Crippen LogP contribution in [-0.4, -0.2) is 33.9 Å². The van der Waals surface area contributed by atoms with Crippen molar-refractivity contribution in [3.8, 4) is 0 Å². The number of amides is 1. The molecule has 27 heavy (non-hydrogen) atoms. The first-order chi connectivity index (χ1) is 13.2. The fraction of sp³-hybridized carbons (Fsp3) is 0.286. The lowest BCUT2D eigenvalue weighted by atomic mass is 9.97. The van der Waals surface area contributed by atoms with Gasteiger partial charge in [0.05, 0.1) is 17.7 Å². The minimum atomic E-state index is -0.260. The smallest absolute Gasteiger partial charge is 0.255 e. The third kappa shape index (κ3) is 4.05. The van der Waals surface area contributed by atoms with Gasteiger partial charge in [-0.2, -0.15) is 0 Å². The molecular weight excluding hydrogens is 345 g/mol. The second-order valence-corrected chi connectivity index (χ2v) is 6.80. The topological polar surface area (TPSA) is 59.2 Å². The first kappa shape index (κ1) is 17.4. The molecule has 2 aromatic heterocycles. The van der Waals surface area contributed by atoms with E-state index in [-0.39, 0.29) is 17.6 Å². The SMILES string of the molecule is O=C(c1cccnc1)N1CCC[C@@H](c2ncc(Cc3cccc(F)c3)o2)C1. The molecule has 3 heterocycles. The van der Waals surface area contributed by atoms with Gasteiger partial charge in [-0.1, -0.05) is 12.1 Å². The number of carbonyl (C=O) groups excluding carboxylic acids is 1. The second kappa shape index (κ2) is 7.70. The molecule has 1 aliphatic rings. The summed E-state index contributed by atoms with van der Waals surface area (Å²) in [7, 11) is 0. The van der Waals surface area contributed by atoms with E-state index in [1.54, 1.807) is 36.8 Å². The van der Waals surface area contributed by atoms with Crippen molar-refractivity contribution in [2.75, 3.05) is 13.1 Å². The number of pyridine rings is 1. The fourth-order valence-corrected chi connectivity index (χ4v) is 3.48. The molecule has 6 heteroatoms. The van der Waals surface area contributed by atoms with Crippen molar-refractivity contribution in [3.63, 3.8) is 0 Å². The maximum atomic E-state index is 13.3. The summed E-state index contributed by atoms with van der Waals surface area (Å²) in [5.74, 6) is 1.14. The van der Waals surface area contributed by atoms with Gasteiger partial charge in [-0.05, 0) is 42.7 Å². The summed E-state index contributed by atoms with van der Waals surface area (Å²) in [6, 6.07) is 10.0. The predicted octanol–water partition coefficient (Wildman–Crippen LogP) is 3.82. The zero-order chi connectivity index (χ0) is 18.6. The molecule has 1 amide bonds. The fourth-order valence-electron chi connectivity index (χ4n) is 3.48. The van der Waals surface area contributed by atoms with Gasteiger partial charge in [0.1, 0.15) is 11.6 Å². The average Bonchev–Trinajstić information content (AvgIpc) is 3.17. The normalized spacial score (nSPS) is 17.1. The number of hydrogen-bond donors (Lipinski definition) is 0. The number of aromatic nitrogens is 2. The Balaban J connectivity index is 1.44. The van der Waals surface area contributed by atoms with Crippen molar-refractivity contribution in [1.29, 1.82) is 0 Å². The molecule has 1 fully saturated rings. The zero-order valence-corrected chi connectivity index (χ0v) is 14.8. The number of hydrogen-bond acceptors (Lipinski definition) is 4. The van der Waals surface area contributed by atoms with Crippen LogP contribution in [0.5, 0.6) is 0 Å². The Morgan fingerprint density at radius 2 is 2.19 bits per heavy atom. The van der Waals surface area contributed by atoms with Crippen molar-refractivity contribution >= 4 is 5.91 Å². The Morgan fingerprint density at radius 1 is 1.26 bits per heavy atom. The molecule has 0 unspecified atom stereocenters. The van der Waals surface area contributed by atoms with Crippen LogP contribution in [0.3, 0.4) is 0 Å². The molecule has 1 atom stereocenters. The highest BCUT2D eigenvalue weighted by atomic mass is 19.1. The third-order valence-corrected chi connectivity index (χ3v) is 4.81. The van der Waals surface area contributed by atoms with Gasteiger partial charge in [-0.3, -0.25) is 9.78 Å². The standard InChI is InChI=1S/C21H20FN3O2/c22-18-7-1-4-15(10-18)11-19-13-24-20(27-19)17-6-3-9-25(14-17)21(26)16-5-2-8-23-12-16/h1-2,4-5,7-8,10,12-13,17H,3,6,9,11,14H2/t17-/m1/s1. The van der Waals surface area contributed by atoms with Gasteiger partial charge in [0.2, 0.25) is 0 Å². The summed E-state index contributed by atoms with van der Waals surface area (Å²) in [4.78, 5) is 22.9. The number of carbonyl (C=O) groups is 1. The number of oxazole rings is 1. The van der Waals surface area contributed by atoms with Crippen molar-refractivity contribution in [1.82, 2.24) is 14.9 Å². The zero-order valence-electron chi connectivity index (χ0n) is 14.8. The molecule has 0 radical (unpaired) electrons. The highest BCUT2D eigenvalue weighted by molar-refractivity contribution is 5.93. The quantitative estimate of drug-likeness (QED) is 0.705. The van der Waals surface area contributed by atoms with E-state index in [4.69, 9.17) is 4.42 Å². The highest BCUT2D eigenvalue weighted by Crippen LogP contribution is 2.28. The Morgan fingerprint density at radius 3 is 3.00 bits per heavy atom. The number of piperidine rings is 1. The Labute approximate surface area is 156 Å². The third-order valence-electron chi connectivity index (χ3n) is 4.81. The lowest BCUT2D eigenvalue weighted by Gasteiger charge is -2.31. The summed E-state index contributed by atoms with van der Waals surface area (Å²) in [5, 5.41) is 0. The van der Waals surface area contributed by atoms with Crippen LogP contribution in [0.25, 0.3) is 0 Å². The largest absolute Gasteiger partial charge is 0.445 e. The van der Waals surface area contributed by atoms with Crippen LogP contribution >= 0.6 is 0 Å². The summed E-state index contributed by atoms with van der Waals surface area (Å²) in [6.07, 6.45) is 7.27. The molecule has 5 nitrogen and oxygen atoms in total. The van der Waals surface area contributed by atoms with E-state index < -0.39 is 0 Å². The van der Waals surface area contributed by atoms with E-state index >= 15 is 0 Å². The molecule has 0 saturated carbocycles. The molecule has 1 aliphatic heterocycles. The molecule has 3 aromatic rings. The van der Waals surface area contributed by atoms with Gasteiger partial charge in [-0.15, -0.1) is 0 Å². The summed E-state index contributed by atoms with van der Waals surface area (Å²) in [6.45, 7) is 1.30. The predicted molar refractivity (Wildman–Crippen MR) is 97.8 cm³/mol. The summed E-state index contributed by atoms with van der Waals surface area (Å²) < 4.78 is 19.3. The first-order valence-corrected chi connectivity index (χ1v) is 9.07. The second-order valence-electron chi connectivity index (χ2n) is 6.80. The number of benzene rings is 1. The molecule has 0 bridgehead atoms. The van der Waals surface area contributed by atoms with Gasteiger partial charge in [0.15, 0.2) is 5.89 Å². The van der Waals surface area contributed by atoms with E-state index in [1.165, 1.54) is 12.1 Å². The molecule has 1 saturated heterocycles. The minimum Gasteiger partial charge on any atom is -0.445 e. The van der Waals surface area contributed by atoms with Crippen LogP contribution in [0.2, 0.25) is 0 Å². The van der Waals surface area contributed by atoms with Crippen molar-refractivity contribution in [2.24, 2.45) is 0 Å². The first-order valence-electron chi connectivity index (χ1n) is 9.07.